The van der Waals surface area contributed by atoms with Gasteiger partial charge in [-0.25, -0.2) is 0 Å². The molecule has 4 aromatic rings. The van der Waals surface area contributed by atoms with Gasteiger partial charge in [0, 0.05) is 0 Å². The molecule has 0 bridgehead atoms. The average Bonchev–Trinajstić information content (AvgIpc) is 2.62. The molecule has 0 saturated carbocycles. The van der Waals surface area contributed by atoms with Crippen molar-refractivity contribution in [1.82, 2.24) is 0 Å². The van der Waals surface area contributed by atoms with Crippen LogP contribution >= 0.6 is 0 Å². The fourth-order valence-corrected chi connectivity index (χ4v) is 3.08. The fourth-order valence-electron chi connectivity index (χ4n) is 3.08. The van der Waals surface area contributed by atoms with Gasteiger partial charge in [0.15, 0.2) is 0 Å². The van der Waals surface area contributed by atoms with Crippen LogP contribution in [0.25, 0.3) is 33.0 Å². The minimum Gasteiger partial charge on any atom is -0.0616 e. The molecule has 1 radical (unpaired) electrons. The van der Waals surface area contributed by atoms with Crippen molar-refractivity contribution >= 4 is 10.8 Å². The summed E-state index contributed by atoms with van der Waals surface area (Å²) in [6, 6.07) is 31.8. The van der Waals surface area contributed by atoms with E-state index < -0.39 is 0 Å². The fraction of sp³-hybridized carbons (Fsp3) is 0.0833. The van der Waals surface area contributed by atoms with Gasteiger partial charge in [-0.2, -0.15) is 0 Å². The molecule has 0 nitrogen and oxygen atoms in total. The summed E-state index contributed by atoms with van der Waals surface area (Å²) in [6.45, 7) is 4.24. The maximum atomic E-state index is 3.66. The predicted octanol–water partition coefficient (Wildman–Crippen LogP) is 6.59. The van der Waals surface area contributed by atoms with Crippen molar-refractivity contribution in [2.45, 2.75) is 13.8 Å². The Morgan fingerprint density at radius 2 is 1.21 bits per heavy atom. The Balaban J connectivity index is 1.97. The Kier molecular flexibility index (Phi) is 3.66. The SMILES string of the molecule is Cc1ccc(-c2[c]c(-c3ccc(C)cc3)c3ccccc3c2)cc1. The molecule has 0 aliphatic rings. The Morgan fingerprint density at radius 1 is 0.625 bits per heavy atom. The number of fused-ring (bicyclic) bond motifs is 1. The van der Waals surface area contributed by atoms with Gasteiger partial charge in [0.2, 0.25) is 0 Å². The molecular formula is C24H19. The van der Waals surface area contributed by atoms with Crippen LogP contribution in [0, 0.1) is 19.9 Å². The summed E-state index contributed by atoms with van der Waals surface area (Å²) in [6.07, 6.45) is 0. The van der Waals surface area contributed by atoms with E-state index in [9.17, 15) is 0 Å². The van der Waals surface area contributed by atoms with Crippen LogP contribution in [0.4, 0.5) is 0 Å². The lowest BCUT2D eigenvalue weighted by Gasteiger charge is -2.11. The molecule has 0 fully saturated rings. The van der Waals surface area contributed by atoms with Crippen LogP contribution in [0.5, 0.6) is 0 Å². The van der Waals surface area contributed by atoms with Gasteiger partial charge in [0.1, 0.15) is 0 Å². The summed E-state index contributed by atoms with van der Waals surface area (Å²) >= 11 is 0. The molecule has 0 aliphatic heterocycles. The quantitative estimate of drug-likeness (QED) is 0.392. The number of aryl methyl sites for hydroxylation is 2. The first-order valence-corrected chi connectivity index (χ1v) is 8.30. The second-order valence-electron chi connectivity index (χ2n) is 6.38. The molecule has 0 heterocycles. The second kappa shape index (κ2) is 5.98. The largest absolute Gasteiger partial charge is 0.0616 e. The van der Waals surface area contributed by atoms with Gasteiger partial charge in [0.05, 0.1) is 0 Å². The Labute approximate surface area is 143 Å². The smallest absolute Gasteiger partial charge is 0.000764 e. The van der Waals surface area contributed by atoms with E-state index in [2.05, 4.69) is 98.8 Å². The molecule has 4 aromatic carbocycles. The first kappa shape index (κ1) is 14.7. The van der Waals surface area contributed by atoms with Crippen molar-refractivity contribution in [3.8, 4) is 22.3 Å². The minimum absolute atomic E-state index is 1.14. The van der Waals surface area contributed by atoms with Gasteiger partial charge in [-0.05, 0) is 59.0 Å². The highest BCUT2D eigenvalue weighted by molar-refractivity contribution is 5.99. The predicted molar refractivity (Wildman–Crippen MR) is 103 cm³/mol. The lowest BCUT2D eigenvalue weighted by Crippen LogP contribution is -1.86. The summed E-state index contributed by atoms with van der Waals surface area (Å²) in [5.41, 5.74) is 7.29. The molecule has 0 aromatic heterocycles. The van der Waals surface area contributed by atoms with Crippen molar-refractivity contribution in [3.05, 3.63) is 96.1 Å². The van der Waals surface area contributed by atoms with Gasteiger partial charge < -0.3 is 0 Å². The lowest BCUT2D eigenvalue weighted by molar-refractivity contribution is 1.46. The van der Waals surface area contributed by atoms with Gasteiger partial charge in [0.25, 0.3) is 0 Å². The maximum absolute atomic E-state index is 3.66. The van der Waals surface area contributed by atoms with Crippen molar-refractivity contribution in [2.24, 2.45) is 0 Å². The third-order valence-electron chi connectivity index (χ3n) is 4.49. The van der Waals surface area contributed by atoms with Crippen LogP contribution in [0.15, 0.2) is 78.9 Å². The molecular weight excluding hydrogens is 288 g/mol. The van der Waals surface area contributed by atoms with Gasteiger partial charge in [-0.15, -0.1) is 0 Å². The topological polar surface area (TPSA) is 0 Å². The van der Waals surface area contributed by atoms with E-state index in [1.165, 1.54) is 38.6 Å². The zero-order chi connectivity index (χ0) is 16.5. The normalized spacial score (nSPS) is 10.9. The summed E-state index contributed by atoms with van der Waals surface area (Å²) in [4.78, 5) is 0. The third-order valence-corrected chi connectivity index (χ3v) is 4.49. The highest BCUT2D eigenvalue weighted by Gasteiger charge is 2.08. The summed E-state index contributed by atoms with van der Waals surface area (Å²) in [7, 11) is 0. The van der Waals surface area contributed by atoms with Crippen LogP contribution in [-0.4, -0.2) is 0 Å². The Morgan fingerprint density at radius 3 is 1.88 bits per heavy atom. The van der Waals surface area contributed by atoms with Gasteiger partial charge >= 0.3 is 0 Å². The van der Waals surface area contributed by atoms with E-state index in [4.69, 9.17) is 0 Å². The molecule has 0 N–H and O–H groups in total. The average molecular weight is 307 g/mol. The van der Waals surface area contributed by atoms with Crippen LogP contribution in [-0.2, 0) is 0 Å². The number of benzene rings is 4. The van der Waals surface area contributed by atoms with Gasteiger partial charge in [-0.3, -0.25) is 0 Å². The molecule has 24 heavy (non-hydrogen) atoms. The van der Waals surface area contributed by atoms with Crippen LogP contribution in [0.1, 0.15) is 11.1 Å². The summed E-state index contributed by atoms with van der Waals surface area (Å²) in [5.74, 6) is 0. The van der Waals surface area contributed by atoms with Crippen molar-refractivity contribution < 1.29 is 0 Å². The maximum Gasteiger partial charge on any atom is -0.000764 e. The molecule has 0 aliphatic carbocycles. The highest BCUT2D eigenvalue weighted by Crippen LogP contribution is 2.33. The molecule has 0 atom stereocenters. The van der Waals surface area contributed by atoms with E-state index >= 15 is 0 Å². The van der Waals surface area contributed by atoms with Crippen molar-refractivity contribution in [3.63, 3.8) is 0 Å². The Bertz CT molecular complexity index is 990. The Hall–Kier alpha value is -2.86. The van der Waals surface area contributed by atoms with Crippen molar-refractivity contribution in [1.29, 1.82) is 0 Å². The van der Waals surface area contributed by atoms with Gasteiger partial charge in [-0.1, -0.05) is 83.9 Å². The number of rotatable bonds is 2. The summed E-state index contributed by atoms with van der Waals surface area (Å²) < 4.78 is 0. The van der Waals surface area contributed by atoms with Crippen LogP contribution < -0.4 is 0 Å². The molecule has 4 rings (SSSR count). The van der Waals surface area contributed by atoms with E-state index in [0.717, 1.165) is 5.56 Å². The van der Waals surface area contributed by atoms with E-state index in [-0.39, 0.29) is 0 Å². The third kappa shape index (κ3) is 2.72. The zero-order valence-electron chi connectivity index (χ0n) is 14.0. The van der Waals surface area contributed by atoms with E-state index in [1.54, 1.807) is 0 Å². The highest BCUT2D eigenvalue weighted by atomic mass is 14.1. The lowest BCUT2D eigenvalue weighted by atomic mass is 9.92. The van der Waals surface area contributed by atoms with E-state index in [0.29, 0.717) is 0 Å². The van der Waals surface area contributed by atoms with Crippen LogP contribution in [0.2, 0.25) is 0 Å². The molecule has 0 amide bonds. The molecule has 0 heteroatoms. The molecule has 0 unspecified atom stereocenters. The molecule has 0 spiro atoms. The monoisotopic (exact) mass is 307 g/mol. The van der Waals surface area contributed by atoms with Crippen molar-refractivity contribution in [2.75, 3.05) is 0 Å². The summed E-state index contributed by atoms with van der Waals surface area (Å²) in [5, 5.41) is 2.50. The zero-order valence-corrected chi connectivity index (χ0v) is 14.0. The number of hydrogen-bond donors (Lipinski definition) is 0. The first-order valence-electron chi connectivity index (χ1n) is 8.30. The minimum atomic E-state index is 1.14. The second-order valence-corrected chi connectivity index (χ2v) is 6.38. The first-order chi connectivity index (χ1) is 11.7. The molecule has 115 valence electrons. The van der Waals surface area contributed by atoms with E-state index in [1.807, 2.05) is 0 Å². The molecule has 0 saturated heterocycles. The number of hydrogen-bond acceptors (Lipinski definition) is 0. The van der Waals surface area contributed by atoms with Crippen LogP contribution in [0.3, 0.4) is 0 Å². The standard InChI is InChI=1S/C24H19/c1-17-7-11-19(12-8-17)22-15-21-5-3-4-6-23(21)24(16-22)20-13-9-18(2)10-14-20/h3-15H,1-2H3.